The molecule has 1 N–H and O–H groups in total. The van der Waals surface area contributed by atoms with Crippen LogP contribution in [-0.2, 0) is 7.05 Å². The van der Waals surface area contributed by atoms with E-state index in [0.29, 0.717) is 5.02 Å². The highest BCUT2D eigenvalue weighted by Gasteiger charge is 2.18. The van der Waals surface area contributed by atoms with Gasteiger partial charge in [-0.15, -0.1) is 0 Å². The van der Waals surface area contributed by atoms with Crippen molar-refractivity contribution in [3.8, 4) is 5.69 Å². The Bertz CT molecular complexity index is 761. The van der Waals surface area contributed by atoms with Gasteiger partial charge >= 0.3 is 11.7 Å². The van der Waals surface area contributed by atoms with Crippen molar-refractivity contribution in [1.82, 2.24) is 14.3 Å². The molecule has 2 rings (SSSR count). The molecule has 0 saturated heterocycles. The molecule has 0 aliphatic carbocycles. The molecule has 19 heavy (non-hydrogen) atoms. The summed E-state index contributed by atoms with van der Waals surface area (Å²) >= 11 is 5.71. The molecule has 0 radical (unpaired) electrons. The number of aryl methyl sites for hydroxylation is 1. The fourth-order valence-electron chi connectivity index (χ4n) is 1.53. The number of halogens is 1. The van der Waals surface area contributed by atoms with E-state index in [4.69, 9.17) is 16.7 Å². The molecule has 1 aromatic heterocycles. The summed E-state index contributed by atoms with van der Waals surface area (Å²) in [4.78, 5) is 34.7. The SMILES string of the molecule is Cn1nc(C(=O)O)c(=O)n(-c2ccc(Cl)cc2)c1=O. The third-order valence-electron chi connectivity index (χ3n) is 2.41. The molecule has 0 spiro atoms. The fraction of sp³-hybridized carbons (Fsp3) is 0.0909. The number of nitrogens with zero attached hydrogens (tertiary/aromatic N) is 3. The van der Waals surface area contributed by atoms with Gasteiger partial charge in [0, 0.05) is 12.1 Å². The zero-order valence-electron chi connectivity index (χ0n) is 9.70. The first-order valence-corrected chi connectivity index (χ1v) is 5.49. The summed E-state index contributed by atoms with van der Waals surface area (Å²) in [6.45, 7) is 0. The minimum Gasteiger partial charge on any atom is -0.476 e. The van der Waals surface area contributed by atoms with E-state index >= 15 is 0 Å². The predicted molar refractivity (Wildman–Crippen MR) is 67.0 cm³/mol. The Kier molecular flexibility index (Phi) is 3.22. The van der Waals surface area contributed by atoms with Crippen LogP contribution in [0.3, 0.4) is 0 Å². The minimum absolute atomic E-state index is 0.222. The Morgan fingerprint density at radius 3 is 2.37 bits per heavy atom. The molecule has 0 atom stereocenters. The molecule has 0 amide bonds. The largest absolute Gasteiger partial charge is 0.476 e. The summed E-state index contributed by atoms with van der Waals surface area (Å²) < 4.78 is 1.52. The lowest BCUT2D eigenvalue weighted by Gasteiger charge is -2.07. The zero-order chi connectivity index (χ0) is 14.2. The van der Waals surface area contributed by atoms with Crippen LogP contribution in [0.1, 0.15) is 10.5 Å². The van der Waals surface area contributed by atoms with Gasteiger partial charge in [-0.2, -0.15) is 5.10 Å². The van der Waals surface area contributed by atoms with Crippen LogP contribution in [0.5, 0.6) is 0 Å². The standard InChI is InChI=1S/C11H8ClN3O4/c1-14-11(19)15(7-4-2-6(12)3-5-7)9(16)8(13-14)10(17)18/h2-5H,1H3,(H,17,18). The average Bonchev–Trinajstić information content (AvgIpc) is 2.36. The summed E-state index contributed by atoms with van der Waals surface area (Å²) in [6, 6.07) is 5.86. The van der Waals surface area contributed by atoms with Gasteiger partial charge in [-0.3, -0.25) is 4.79 Å². The molecule has 0 fully saturated rings. The Balaban J connectivity index is 2.83. The number of carboxylic acids is 1. The first-order chi connectivity index (χ1) is 8.91. The smallest absolute Gasteiger partial charge is 0.362 e. The third-order valence-corrected chi connectivity index (χ3v) is 2.66. The number of rotatable bonds is 2. The summed E-state index contributed by atoms with van der Waals surface area (Å²) in [7, 11) is 1.26. The second kappa shape index (κ2) is 4.69. The van der Waals surface area contributed by atoms with Crippen LogP contribution in [0.15, 0.2) is 33.9 Å². The molecular formula is C11H8ClN3O4. The highest BCUT2D eigenvalue weighted by atomic mass is 35.5. The lowest BCUT2D eigenvalue weighted by molar-refractivity contribution is 0.0684. The van der Waals surface area contributed by atoms with Gasteiger partial charge in [0.15, 0.2) is 0 Å². The maximum atomic E-state index is 11.9. The monoisotopic (exact) mass is 281 g/mol. The average molecular weight is 282 g/mol. The maximum absolute atomic E-state index is 11.9. The van der Waals surface area contributed by atoms with Crippen LogP contribution in [0.4, 0.5) is 0 Å². The second-order valence-corrected chi connectivity index (χ2v) is 4.11. The van der Waals surface area contributed by atoms with Gasteiger partial charge in [0.05, 0.1) is 5.69 Å². The van der Waals surface area contributed by atoms with Crippen molar-refractivity contribution in [2.45, 2.75) is 0 Å². The topological polar surface area (TPSA) is 94.2 Å². The molecule has 1 aromatic carbocycles. The van der Waals surface area contributed by atoms with Crippen LogP contribution in [0, 0.1) is 0 Å². The van der Waals surface area contributed by atoms with Crippen molar-refractivity contribution in [3.63, 3.8) is 0 Å². The summed E-state index contributed by atoms with van der Waals surface area (Å²) in [5.74, 6) is -1.50. The fourth-order valence-corrected chi connectivity index (χ4v) is 1.65. The van der Waals surface area contributed by atoms with Gasteiger partial charge in [0.25, 0.3) is 5.56 Å². The van der Waals surface area contributed by atoms with Crippen molar-refractivity contribution in [3.05, 3.63) is 55.8 Å². The van der Waals surface area contributed by atoms with Crippen LogP contribution in [0.2, 0.25) is 5.02 Å². The van der Waals surface area contributed by atoms with Crippen LogP contribution < -0.4 is 11.2 Å². The number of carboxylic acid groups (broad SMARTS) is 1. The van der Waals surface area contributed by atoms with E-state index in [2.05, 4.69) is 5.10 Å². The predicted octanol–water partition coefficient (Wildman–Crippen LogP) is 0.283. The van der Waals surface area contributed by atoms with E-state index in [0.717, 1.165) is 9.25 Å². The highest BCUT2D eigenvalue weighted by Crippen LogP contribution is 2.10. The quantitative estimate of drug-likeness (QED) is 0.853. The Morgan fingerprint density at radius 2 is 1.84 bits per heavy atom. The molecule has 0 aliphatic heterocycles. The zero-order valence-corrected chi connectivity index (χ0v) is 10.5. The lowest BCUT2D eigenvalue weighted by Crippen LogP contribution is -2.42. The van der Waals surface area contributed by atoms with Crippen molar-refractivity contribution < 1.29 is 9.90 Å². The van der Waals surface area contributed by atoms with E-state index in [1.165, 1.54) is 31.3 Å². The van der Waals surface area contributed by atoms with Crippen LogP contribution in [0.25, 0.3) is 5.69 Å². The van der Waals surface area contributed by atoms with Crippen LogP contribution >= 0.6 is 11.6 Å². The molecule has 1 heterocycles. The van der Waals surface area contributed by atoms with E-state index < -0.39 is 22.9 Å². The van der Waals surface area contributed by atoms with Crippen LogP contribution in [-0.4, -0.2) is 25.4 Å². The summed E-state index contributed by atoms with van der Waals surface area (Å²) in [5.41, 5.74) is -2.23. The lowest BCUT2D eigenvalue weighted by atomic mass is 10.3. The number of hydrogen-bond donors (Lipinski definition) is 1. The minimum atomic E-state index is -1.50. The van der Waals surface area contributed by atoms with Gasteiger partial charge in [0.1, 0.15) is 0 Å². The van der Waals surface area contributed by atoms with E-state index in [9.17, 15) is 14.4 Å². The molecule has 0 bridgehead atoms. The molecule has 0 aliphatic rings. The van der Waals surface area contributed by atoms with Gasteiger partial charge in [0.2, 0.25) is 5.69 Å². The number of aromatic nitrogens is 3. The van der Waals surface area contributed by atoms with E-state index in [1.54, 1.807) is 0 Å². The molecular weight excluding hydrogens is 274 g/mol. The van der Waals surface area contributed by atoms with Crippen molar-refractivity contribution in [2.75, 3.05) is 0 Å². The summed E-state index contributed by atoms with van der Waals surface area (Å²) in [5, 5.41) is 12.7. The summed E-state index contributed by atoms with van der Waals surface area (Å²) in [6.07, 6.45) is 0. The maximum Gasteiger partial charge on any atom is 0.362 e. The Hall–Kier alpha value is -2.41. The number of hydrogen-bond acceptors (Lipinski definition) is 4. The molecule has 0 saturated carbocycles. The third kappa shape index (κ3) is 2.27. The Labute approximate surface area is 111 Å². The number of benzene rings is 1. The van der Waals surface area contributed by atoms with Gasteiger partial charge in [-0.1, -0.05) is 11.6 Å². The molecule has 8 heteroatoms. The molecule has 0 unspecified atom stereocenters. The van der Waals surface area contributed by atoms with Gasteiger partial charge in [-0.05, 0) is 24.3 Å². The van der Waals surface area contributed by atoms with Gasteiger partial charge < -0.3 is 5.11 Å². The first kappa shape index (κ1) is 13.0. The molecule has 98 valence electrons. The normalized spacial score (nSPS) is 10.4. The van der Waals surface area contributed by atoms with Crippen molar-refractivity contribution in [2.24, 2.45) is 7.05 Å². The van der Waals surface area contributed by atoms with Gasteiger partial charge in [-0.25, -0.2) is 18.8 Å². The first-order valence-electron chi connectivity index (χ1n) is 5.11. The van der Waals surface area contributed by atoms with E-state index in [-0.39, 0.29) is 5.69 Å². The van der Waals surface area contributed by atoms with Crippen molar-refractivity contribution in [1.29, 1.82) is 0 Å². The second-order valence-electron chi connectivity index (χ2n) is 3.68. The number of aromatic carboxylic acids is 1. The Morgan fingerprint density at radius 1 is 1.26 bits per heavy atom. The number of carbonyl (C=O) groups is 1. The highest BCUT2D eigenvalue weighted by molar-refractivity contribution is 6.30. The van der Waals surface area contributed by atoms with Crippen molar-refractivity contribution >= 4 is 17.6 Å². The molecule has 2 aromatic rings. The van der Waals surface area contributed by atoms with E-state index in [1.807, 2.05) is 0 Å². The molecule has 7 nitrogen and oxygen atoms in total.